The number of aromatic amines is 1. The smallest absolute Gasteiger partial charge is 0.178 e. The first-order valence-corrected chi connectivity index (χ1v) is 7.43. The van der Waals surface area contributed by atoms with Gasteiger partial charge in [0.15, 0.2) is 4.77 Å². The van der Waals surface area contributed by atoms with Gasteiger partial charge < -0.3 is 9.55 Å². The lowest BCUT2D eigenvalue weighted by atomic mass is 10.1. The fourth-order valence-electron chi connectivity index (χ4n) is 2.53. The summed E-state index contributed by atoms with van der Waals surface area (Å²) in [7, 11) is 0. The predicted molar refractivity (Wildman–Crippen MR) is 87.1 cm³/mol. The molecule has 102 valence electrons. The lowest BCUT2D eigenvalue weighted by Gasteiger charge is -2.09. The third kappa shape index (κ3) is 2.28. The molecule has 4 heteroatoms. The first-order valence-electron chi connectivity index (χ1n) is 6.64. The minimum absolute atomic E-state index is 0.705. The van der Waals surface area contributed by atoms with E-state index in [9.17, 15) is 0 Å². The molecule has 0 aliphatic rings. The van der Waals surface area contributed by atoms with E-state index >= 15 is 0 Å². The molecular weight excluding hydrogens is 288 g/mol. The Kier molecular flexibility index (Phi) is 3.64. The van der Waals surface area contributed by atoms with Crippen molar-refractivity contribution in [1.29, 1.82) is 0 Å². The highest BCUT2D eigenvalue weighted by Gasteiger charge is 2.09. The number of nitrogens with zero attached hydrogens (tertiary/aromatic N) is 1. The Labute approximate surface area is 128 Å². The van der Waals surface area contributed by atoms with E-state index in [-0.39, 0.29) is 0 Å². The number of para-hydroxylation sites is 1. The van der Waals surface area contributed by atoms with Gasteiger partial charge in [0.2, 0.25) is 0 Å². The van der Waals surface area contributed by atoms with Crippen molar-refractivity contribution in [2.45, 2.75) is 19.9 Å². The van der Waals surface area contributed by atoms with E-state index in [2.05, 4.69) is 40.7 Å². The van der Waals surface area contributed by atoms with E-state index in [1.807, 2.05) is 18.2 Å². The van der Waals surface area contributed by atoms with Crippen molar-refractivity contribution < 1.29 is 0 Å². The molecule has 1 heterocycles. The highest BCUT2D eigenvalue weighted by molar-refractivity contribution is 7.71. The largest absolute Gasteiger partial charge is 0.329 e. The number of aryl methyl sites for hydroxylation is 1. The Hall–Kier alpha value is -1.58. The number of benzene rings is 2. The van der Waals surface area contributed by atoms with Gasteiger partial charge in [0, 0.05) is 0 Å². The Morgan fingerprint density at radius 3 is 2.60 bits per heavy atom. The Morgan fingerprint density at radius 1 is 1.10 bits per heavy atom. The first-order chi connectivity index (χ1) is 9.70. The maximum atomic E-state index is 6.21. The van der Waals surface area contributed by atoms with Crippen LogP contribution in [0.5, 0.6) is 0 Å². The number of halogens is 1. The highest BCUT2D eigenvalue weighted by atomic mass is 35.5. The second-order valence-electron chi connectivity index (χ2n) is 4.77. The van der Waals surface area contributed by atoms with Crippen LogP contribution < -0.4 is 0 Å². The summed E-state index contributed by atoms with van der Waals surface area (Å²) in [5, 5.41) is 0.705. The quantitative estimate of drug-likeness (QED) is 0.678. The second kappa shape index (κ2) is 5.43. The predicted octanol–water partition coefficient (Wildman–Crippen LogP) is 4.96. The molecule has 0 radical (unpaired) electrons. The standard InChI is InChI=1S/C16H15ClN2S/c1-2-11-6-3-4-7-12(11)10-19-14-9-5-8-13(17)15(14)18-16(19)20/h3-9H,2,10H2,1H3,(H,18,20). The maximum Gasteiger partial charge on any atom is 0.178 e. The molecule has 3 rings (SSSR count). The van der Waals surface area contributed by atoms with Crippen LogP contribution in [0.4, 0.5) is 0 Å². The van der Waals surface area contributed by atoms with Crippen LogP contribution in [0.2, 0.25) is 5.02 Å². The van der Waals surface area contributed by atoms with Crippen molar-refractivity contribution in [1.82, 2.24) is 9.55 Å². The summed E-state index contributed by atoms with van der Waals surface area (Å²) in [5.74, 6) is 0. The van der Waals surface area contributed by atoms with Crippen molar-refractivity contribution >= 4 is 34.9 Å². The van der Waals surface area contributed by atoms with E-state index in [0.29, 0.717) is 9.79 Å². The van der Waals surface area contributed by atoms with Crippen LogP contribution in [0, 0.1) is 4.77 Å². The summed E-state index contributed by atoms with van der Waals surface area (Å²) < 4.78 is 2.81. The molecule has 0 saturated carbocycles. The minimum Gasteiger partial charge on any atom is -0.329 e. The van der Waals surface area contributed by atoms with Crippen LogP contribution in [0.1, 0.15) is 18.1 Å². The van der Waals surface area contributed by atoms with Crippen molar-refractivity contribution in [2.75, 3.05) is 0 Å². The van der Waals surface area contributed by atoms with Gasteiger partial charge >= 0.3 is 0 Å². The summed E-state index contributed by atoms with van der Waals surface area (Å²) in [6.45, 7) is 2.94. The highest BCUT2D eigenvalue weighted by Crippen LogP contribution is 2.24. The van der Waals surface area contributed by atoms with Gasteiger partial charge in [-0.2, -0.15) is 0 Å². The number of hydrogen-bond acceptors (Lipinski definition) is 1. The third-order valence-electron chi connectivity index (χ3n) is 3.59. The Balaban J connectivity index is 2.14. The molecule has 0 spiro atoms. The van der Waals surface area contributed by atoms with Crippen molar-refractivity contribution in [3.63, 3.8) is 0 Å². The molecule has 2 nitrogen and oxygen atoms in total. The van der Waals surface area contributed by atoms with Gasteiger partial charge in [-0.3, -0.25) is 0 Å². The summed E-state index contributed by atoms with van der Waals surface area (Å²) in [4.78, 5) is 3.20. The second-order valence-corrected chi connectivity index (χ2v) is 5.57. The van der Waals surface area contributed by atoms with E-state index in [1.54, 1.807) is 0 Å². The normalized spacial score (nSPS) is 11.1. The van der Waals surface area contributed by atoms with Gasteiger partial charge in [-0.15, -0.1) is 0 Å². The third-order valence-corrected chi connectivity index (χ3v) is 4.22. The number of imidazole rings is 1. The van der Waals surface area contributed by atoms with E-state index in [1.165, 1.54) is 11.1 Å². The molecule has 1 aromatic heterocycles. The number of hydrogen-bond donors (Lipinski definition) is 1. The van der Waals surface area contributed by atoms with Crippen molar-refractivity contribution in [3.05, 3.63) is 63.4 Å². The average molecular weight is 303 g/mol. The van der Waals surface area contributed by atoms with Crippen molar-refractivity contribution in [3.8, 4) is 0 Å². The molecule has 0 unspecified atom stereocenters. The average Bonchev–Trinajstić information content (AvgIpc) is 2.78. The summed E-state index contributed by atoms with van der Waals surface area (Å²) in [6, 6.07) is 14.3. The van der Waals surface area contributed by atoms with E-state index < -0.39 is 0 Å². The number of aromatic nitrogens is 2. The monoisotopic (exact) mass is 302 g/mol. The lowest BCUT2D eigenvalue weighted by molar-refractivity contribution is 0.799. The topological polar surface area (TPSA) is 20.7 Å². The van der Waals surface area contributed by atoms with Crippen LogP contribution >= 0.6 is 23.8 Å². The van der Waals surface area contributed by atoms with Crippen LogP contribution in [0.25, 0.3) is 11.0 Å². The van der Waals surface area contributed by atoms with Gasteiger partial charge in [0.25, 0.3) is 0 Å². The van der Waals surface area contributed by atoms with Crippen LogP contribution in [0.15, 0.2) is 42.5 Å². The van der Waals surface area contributed by atoms with Crippen LogP contribution in [0.3, 0.4) is 0 Å². The molecule has 3 aromatic rings. The van der Waals surface area contributed by atoms with Gasteiger partial charge in [-0.05, 0) is 41.9 Å². The number of nitrogens with one attached hydrogen (secondary N) is 1. The van der Waals surface area contributed by atoms with E-state index in [0.717, 1.165) is 24.0 Å². The number of H-pyrrole nitrogens is 1. The molecule has 0 aliphatic carbocycles. The van der Waals surface area contributed by atoms with E-state index in [4.69, 9.17) is 23.8 Å². The zero-order valence-electron chi connectivity index (χ0n) is 11.2. The molecule has 2 aromatic carbocycles. The Morgan fingerprint density at radius 2 is 1.85 bits per heavy atom. The zero-order valence-corrected chi connectivity index (χ0v) is 12.8. The van der Waals surface area contributed by atoms with Gasteiger partial charge in [-0.1, -0.05) is 48.9 Å². The van der Waals surface area contributed by atoms with Gasteiger partial charge in [-0.25, -0.2) is 0 Å². The van der Waals surface area contributed by atoms with Crippen LogP contribution in [-0.4, -0.2) is 9.55 Å². The van der Waals surface area contributed by atoms with Gasteiger partial charge in [0.05, 0.1) is 22.6 Å². The molecule has 0 amide bonds. The molecule has 0 fully saturated rings. The molecule has 20 heavy (non-hydrogen) atoms. The summed E-state index contributed by atoms with van der Waals surface area (Å²) in [5.41, 5.74) is 4.61. The SMILES string of the molecule is CCc1ccccc1Cn1c(=S)[nH]c2c(Cl)cccc21. The lowest BCUT2D eigenvalue weighted by Crippen LogP contribution is -2.02. The fourth-order valence-corrected chi connectivity index (χ4v) is 3.01. The molecule has 1 N–H and O–H groups in total. The molecule has 0 saturated heterocycles. The first kappa shape index (κ1) is 13.4. The minimum atomic E-state index is 0.705. The van der Waals surface area contributed by atoms with Gasteiger partial charge in [0.1, 0.15) is 0 Å². The summed E-state index contributed by atoms with van der Waals surface area (Å²) >= 11 is 11.7. The molecule has 0 aliphatic heterocycles. The van der Waals surface area contributed by atoms with Crippen LogP contribution in [-0.2, 0) is 13.0 Å². The summed E-state index contributed by atoms with van der Waals surface area (Å²) in [6.07, 6.45) is 1.02. The molecular formula is C16H15ClN2S. The Bertz CT molecular complexity index is 817. The molecule has 0 bridgehead atoms. The fraction of sp³-hybridized carbons (Fsp3) is 0.188. The molecule has 0 atom stereocenters. The zero-order chi connectivity index (χ0) is 14.1. The maximum absolute atomic E-state index is 6.21. The number of rotatable bonds is 3. The van der Waals surface area contributed by atoms with Crippen molar-refractivity contribution in [2.24, 2.45) is 0 Å². The number of fused-ring (bicyclic) bond motifs is 1.